The predicted molar refractivity (Wildman–Crippen MR) is 151 cm³/mol. The summed E-state index contributed by atoms with van der Waals surface area (Å²) in [7, 11) is 2.73. The van der Waals surface area contributed by atoms with E-state index in [1.54, 1.807) is 24.4 Å². The van der Waals surface area contributed by atoms with E-state index in [4.69, 9.17) is 9.98 Å². The molecule has 190 valence electrons. The van der Waals surface area contributed by atoms with Crippen LogP contribution in [-0.2, 0) is 6.42 Å². The standard InChI is InChI=1S/C29H35FN3O2P/c1-6-17(3)32-28(33-12-8-11-29(5,35)16-33)23-15-31-26(27(36)18(23)4)22-14-20(34)13-19-9-10-24(30)21(7-2)25(19)22/h9-10,13-15,34-35H,4,6-8,11-12,16,36H2,1-3,5H3/b28-23+,32-17+/t29-/m1/s1. The van der Waals surface area contributed by atoms with E-state index < -0.39 is 5.60 Å². The van der Waals surface area contributed by atoms with Crippen LogP contribution in [0.25, 0.3) is 34.4 Å². The zero-order valence-corrected chi connectivity index (χ0v) is 22.7. The van der Waals surface area contributed by atoms with Gasteiger partial charge in [-0.15, -0.1) is 9.24 Å². The maximum absolute atomic E-state index is 14.7. The predicted octanol–water partition coefficient (Wildman–Crippen LogP) is 4.00. The molecule has 0 radical (unpaired) electrons. The van der Waals surface area contributed by atoms with Crippen LogP contribution >= 0.6 is 9.24 Å². The van der Waals surface area contributed by atoms with E-state index in [0.717, 1.165) is 63.9 Å². The van der Waals surface area contributed by atoms with Crippen molar-refractivity contribution in [2.24, 2.45) is 4.99 Å². The van der Waals surface area contributed by atoms with Gasteiger partial charge in [0.1, 0.15) is 17.4 Å². The number of phenols is 1. The number of aliphatic imine (C=N–C) groups is 1. The quantitative estimate of drug-likeness (QED) is 0.405. The molecular formula is C29H35FN3O2P. The molecule has 1 fully saturated rings. The van der Waals surface area contributed by atoms with Crippen LogP contribution in [0.4, 0.5) is 4.39 Å². The Morgan fingerprint density at radius 1 is 1.31 bits per heavy atom. The molecule has 1 saturated heterocycles. The number of pyridine rings is 1. The van der Waals surface area contributed by atoms with E-state index in [0.29, 0.717) is 29.8 Å². The van der Waals surface area contributed by atoms with Crippen LogP contribution in [0.3, 0.4) is 0 Å². The molecule has 7 heteroatoms. The molecule has 1 aliphatic heterocycles. The fraction of sp³-hybridized carbons (Fsp3) is 0.379. The van der Waals surface area contributed by atoms with E-state index in [-0.39, 0.29) is 11.6 Å². The lowest BCUT2D eigenvalue weighted by atomic mass is 9.94. The van der Waals surface area contributed by atoms with Crippen LogP contribution in [0.2, 0.25) is 0 Å². The summed E-state index contributed by atoms with van der Waals surface area (Å²) < 4.78 is 14.7. The minimum absolute atomic E-state index is 0.0954. The number of phenolic OH excluding ortho intramolecular Hbond substituents is 1. The summed E-state index contributed by atoms with van der Waals surface area (Å²) in [5, 5.41) is 25.0. The van der Waals surface area contributed by atoms with Crippen LogP contribution in [0.1, 0.15) is 52.5 Å². The number of aromatic hydroxyl groups is 1. The first-order chi connectivity index (χ1) is 17.1. The molecule has 1 aliphatic rings. The Labute approximate surface area is 214 Å². The first kappa shape index (κ1) is 26.2. The second-order valence-electron chi connectivity index (χ2n) is 9.93. The Bertz CT molecular complexity index is 1470. The van der Waals surface area contributed by atoms with E-state index in [2.05, 4.69) is 27.6 Å². The number of β-amino-alcohol motifs (C(OH)–C–C–N with tert-alkyl or cyclic N) is 1. The summed E-state index contributed by atoms with van der Waals surface area (Å²) in [6.07, 6.45) is 4.69. The fourth-order valence-corrected chi connectivity index (χ4v) is 5.35. The van der Waals surface area contributed by atoms with Crippen molar-refractivity contribution in [2.75, 3.05) is 13.1 Å². The minimum Gasteiger partial charge on any atom is -0.508 e. The minimum atomic E-state index is -0.793. The van der Waals surface area contributed by atoms with Gasteiger partial charge in [-0.1, -0.05) is 26.5 Å². The third-order valence-electron chi connectivity index (χ3n) is 7.01. The van der Waals surface area contributed by atoms with Gasteiger partial charge >= 0.3 is 0 Å². The second-order valence-corrected chi connectivity index (χ2v) is 10.5. The van der Waals surface area contributed by atoms with Crippen LogP contribution in [0.15, 0.2) is 35.5 Å². The van der Waals surface area contributed by atoms with Crippen LogP contribution in [-0.4, -0.2) is 44.5 Å². The molecule has 2 aromatic carbocycles. The average molecular weight is 508 g/mol. The van der Waals surface area contributed by atoms with Gasteiger partial charge in [0, 0.05) is 41.1 Å². The van der Waals surface area contributed by atoms with Gasteiger partial charge < -0.3 is 15.1 Å². The maximum atomic E-state index is 14.7. The highest BCUT2D eigenvalue weighted by Gasteiger charge is 2.30. The zero-order chi connectivity index (χ0) is 26.2. The third kappa shape index (κ3) is 5.02. The number of aryl methyl sites for hydroxylation is 1. The number of benzene rings is 2. The number of likely N-dealkylation sites (tertiary alicyclic amines) is 1. The number of hydrogen-bond acceptors (Lipinski definition) is 5. The molecule has 2 atom stereocenters. The Morgan fingerprint density at radius 2 is 2.06 bits per heavy atom. The van der Waals surface area contributed by atoms with Crippen molar-refractivity contribution < 1.29 is 14.6 Å². The largest absolute Gasteiger partial charge is 0.508 e. The normalized spacial score (nSPS) is 19.6. The van der Waals surface area contributed by atoms with Crippen molar-refractivity contribution in [3.8, 4) is 17.0 Å². The molecule has 5 nitrogen and oxygen atoms in total. The monoisotopic (exact) mass is 507 g/mol. The smallest absolute Gasteiger partial charge is 0.137 e. The molecule has 3 aromatic rings. The first-order valence-electron chi connectivity index (χ1n) is 12.5. The van der Waals surface area contributed by atoms with Gasteiger partial charge in [-0.05, 0) is 79.3 Å². The van der Waals surface area contributed by atoms with Crippen molar-refractivity contribution >= 4 is 43.4 Å². The summed E-state index contributed by atoms with van der Waals surface area (Å²) >= 11 is 0. The van der Waals surface area contributed by atoms with Crippen molar-refractivity contribution in [2.45, 2.75) is 59.0 Å². The maximum Gasteiger partial charge on any atom is 0.137 e. The van der Waals surface area contributed by atoms with Crippen molar-refractivity contribution in [3.05, 3.63) is 52.3 Å². The van der Waals surface area contributed by atoms with Gasteiger partial charge in [-0.25, -0.2) is 9.38 Å². The van der Waals surface area contributed by atoms with Crippen molar-refractivity contribution in [3.63, 3.8) is 0 Å². The van der Waals surface area contributed by atoms with E-state index >= 15 is 0 Å². The lowest BCUT2D eigenvalue weighted by Crippen LogP contribution is -2.48. The highest BCUT2D eigenvalue weighted by molar-refractivity contribution is 7.27. The summed E-state index contributed by atoms with van der Waals surface area (Å²) in [6.45, 7) is 13.5. The number of aromatic nitrogens is 1. The Hall–Kier alpha value is -2.82. The molecule has 0 spiro atoms. The number of rotatable bonds is 5. The molecule has 0 saturated carbocycles. The summed E-state index contributed by atoms with van der Waals surface area (Å²) in [6, 6.07) is 6.42. The first-order valence-corrected chi connectivity index (χ1v) is 13.1. The number of halogens is 1. The van der Waals surface area contributed by atoms with Crippen LogP contribution in [0, 0.1) is 5.82 Å². The molecule has 2 N–H and O–H groups in total. The molecule has 0 amide bonds. The molecule has 1 unspecified atom stereocenters. The molecule has 1 aromatic heterocycles. The van der Waals surface area contributed by atoms with Gasteiger partial charge in [0.2, 0.25) is 0 Å². The Morgan fingerprint density at radius 3 is 2.72 bits per heavy atom. The molecule has 36 heavy (non-hydrogen) atoms. The number of nitrogens with zero attached hydrogens (tertiary/aromatic N) is 3. The van der Waals surface area contributed by atoms with Gasteiger partial charge in [0.05, 0.1) is 11.3 Å². The van der Waals surface area contributed by atoms with Crippen molar-refractivity contribution in [1.82, 2.24) is 9.88 Å². The van der Waals surface area contributed by atoms with Gasteiger partial charge in [-0.2, -0.15) is 0 Å². The van der Waals surface area contributed by atoms with Gasteiger partial charge in [0.25, 0.3) is 0 Å². The van der Waals surface area contributed by atoms with Crippen molar-refractivity contribution in [1.29, 1.82) is 0 Å². The van der Waals surface area contributed by atoms with E-state index in [9.17, 15) is 14.6 Å². The molecule has 2 heterocycles. The lowest BCUT2D eigenvalue weighted by Gasteiger charge is -2.38. The second kappa shape index (κ2) is 10.3. The number of fused-ring (bicyclic) bond motifs is 1. The number of hydrogen-bond donors (Lipinski definition) is 2. The highest BCUT2D eigenvalue weighted by Crippen LogP contribution is 2.35. The Balaban J connectivity index is 2.01. The summed E-state index contributed by atoms with van der Waals surface area (Å²) in [5.74, 6) is 0.576. The molecular weight excluding hydrogens is 472 g/mol. The Kier molecular flexibility index (Phi) is 7.49. The topological polar surface area (TPSA) is 69.0 Å². The van der Waals surface area contributed by atoms with Gasteiger partial charge in [0.15, 0.2) is 0 Å². The van der Waals surface area contributed by atoms with Crippen LogP contribution < -0.4 is 15.7 Å². The van der Waals surface area contributed by atoms with Gasteiger partial charge in [-0.3, -0.25) is 4.98 Å². The molecule has 0 bridgehead atoms. The van der Waals surface area contributed by atoms with Crippen LogP contribution in [0.5, 0.6) is 5.75 Å². The highest BCUT2D eigenvalue weighted by atomic mass is 31.0. The number of piperidine rings is 1. The molecule has 0 aliphatic carbocycles. The fourth-order valence-electron chi connectivity index (χ4n) is 4.97. The van der Waals surface area contributed by atoms with E-state index in [1.165, 1.54) is 6.07 Å². The van der Waals surface area contributed by atoms with E-state index in [1.807, 2.05) is 20.8 Å². The summed E-state index contributed by atoms with van der Waals surface area (Å²) in [5.41, 5.74) is 2.06. The third-order valence-corrected chi connectivity index (χ3v) is 7.64. The molecule has 4 rings (SSSR count). The zero-order valence-electron chi connectivity index (χ0n) is 21.5. The average Bonchev–Trinajstić information content (AvgIpc) is 2.83. The lowest BCUT2D eigenvalue weighted by molar-refractivity contribution is 0.00191. The summed E-state index contributed by atoms with van der Waals surface area (Å²) in [4.78, 5) is 11.9. The SMILES string of the molecule is C=c1c(P)c(-c2cc(O)cc3ccc(F)c(CC)c23)nc/c1=C(/N=C(\C)CC)N1CCC[C@@](C)(O)C1. The number of aliphatic hydroxyl groups is 1.